The number of imidazole rings is 1. The van der Waals surface area contributed by atoms with Crippen LogP contribution in [0.15, 0.2) is 90.4 Å². The average molecular weight is 440 g/mol. The summed E-state index contributed by atoms with van der Waals surface area (Å²) in [6.45, 7) is 2.72. The fourth-order valence-electron chi connectivity index (χ4n) is 3.61. The molecular formula is C26H21N3O2S. The number of hydrogen-bond acceptors (Lipinski definition) is 5. The molecule has 5 aromatic rings. The molecule has 0 unspecified atom stereocenters. The molecule has 0 radical (unpaired) electrons. The van der Waals surface area contributed by atoms with Crippen molar-refractivity contribution in [1.29, 1.82) is 0 Å². The van der Waals surface area contributed by atoms with Gasteiger partial charge in [0.05, 0.1) is 0 Å². The van der Waals surface area contributed by atoms with Crippen molar-refractivity contribution in [2.24, 2.45) is 0 Å². The van der Waals surface area contributed by atoms with Crippen molar-refractivity contribution in [2.45, 2.75) is 13.5 Å². The summed E-state index contributed by atoms with van der Waals surface area (Å²) in [4.78, 5) is 17.9. The number of rotatable bonds is 6. The molecule has 3 heterocycles. The minimum absolute atomic E-state index is 0.356. The molecule has 0 amide bonds. The van der Waals surface area contributed by atoms with Crippen LogP contribution in [0.25, 0.3) is 16.9 Å². The number of hydrogen-bond donors (Lipinski definition) is 1. The predicted octanol–water partition coefficient (Wildman–Crippen LogP) is 6.20. The van der Waals surface area contributed by atoms with Gasteiger partial charge in [-0.1, -0.05) is 54.6 Å². The van der Waals surface area contributed by atoms with Gasteiger partial charge in [-0.3, -0.25) is 4.40 Å². The van der Waals surface area contributed by atoms with Crippen LogP contribution in [-0.4, -0.2) is 15.4 Å². The molecule has 0 aliphatic carbocycles. The molecule has 1 N–H and O–H groups in total. The number of nitrogens with one attached hydrogen (secondary N) is 1. The van der Waals surface area contributed by atoms with E-state index in [0.717, 1.165) is 28.3 Å². The number of pyridine rings is 1. The zero-order valence-electron chi connectivity index (χ0n) is 17.5. The Balaban J connectivity index is 1.52. The summed E-state index contributed by atoms with van der Waals surface area (Å²) in [5, 5.41) is 5.41. The molecule has 3 aromatic heterocycles. The SMILES string of the molecule is Cc1cccn2c(NCc3ccccc3)c(-c3cccc(OC(=O)c4cccs4)c3)nc12. The van der Waals surface area contributed by atoms with E-state index in [2.05, 4.69) is 21.9 Å². The highest BCUT2D eigenvalue weighted by molar-refractivity contribution is 7.12. The highest BCUT2D eigenvalue weighted by Crippen LogP contribution is 2.32. The van der Waals surface area contributed by atoms with Crippen LogP contribution in [0.3, 0.4) is 0 Å². The molecule has 0 aliphatic heterocycles. The third-order valence-electron chi connectivity index (χ3n) is 5.19. The number of thiophene rings is 1. The molecule has 0 spiro atoms. The van der Waals surface area contributed by atoms with Crippen LogP contribution in [0.1, 0.15) is 20.8 Å². The zero-order chi connectivity index (χ0) is 21.9. The fourth-order valence-corrected chi connectivity index (χ4v) is 4.21. The van der Waals surface area contributed by atoms with E-state index in [9.17, 15) is 4.79 Å². The van der Waals surface area contributed by atoms with Crippen molar-refractivity contribution in [3.63, 3.8) is 0 Å². The lowest BCUT2D eigenvalue weighted by atomic mass is 10.1. The Bertz CT molecular complexity index is 1380. The molecule has 5 nitrogen and oxygen atoms in total. The number of aromatic nitrogens is 2. The smallest absolute Gasteiger partial charge is 0.353 e. The van der Waals surface area contributed by atoms with Crippen molar-refractivity contribution in [3.8, 4) is 17.0 Å². The predicted molar refractivity (Wildman–Crippen MR) is 128 cm³/mol. The van der Waals surface area contributed by atoms with Gasteiger partial charge in [0.15, 0.2) is 0 Å². The Morgan fingerprint density at radius 2 is 1.91 bits per heavy atom. The molecule has 0 atom stereocenters. The first-order valence-electron chi connectivity index (χ1n) is 10.3. The van der Waals surface area contributed by atoms with E-state index in [1.165, 1.54) is 16.9 Å². The van der Waals surface area contributed by atoms with E-state index in [1.54, 1.807) is 12.1 Å². The highest BCUT2D eigenvalue weighted by atomic mass is 32.1. The Labute approximate surface area is 190 Å². The molecule has 0 saturated carbocycles. The first kappa shape index (κ1) is 20.0. The summed E-state index contributed by atoms with van der Waals surface area (Å²) < 4.78 is 7.67. The van der Waals surface area contributed by atoms with Crippen LogP contribution in [-0.2, 0) is 6.54 Å². The van der Waals surface area contributed by atoms with Crippen LogP contribution in [0, 0.1) is 6.92 Å². The number of anilines is 1. The second-order valence-corrected chi connectivity index (χ2v) is 8.38. The van der Waals surface area contributed by atoms with E-state index in [1.807, 2.05) is 73.1 Å². The summed E-state index contributed by atoms with van der Waals surface area (Å²) in [6.07, 6.45) is 2.01. The van der Waals surface area contributed by atoms with Gasteiger partial charge >= 0.3 is 5.97 Å². The molecule has 0 aliphatic rings. The Hall–Kier alpha value is -3.90. The topological polar surface area (TPSA) is 55.6 Å². The van der Waals surface area contributed by atoms with Crippen molar-refractivity contribution < 1.29 is 9.53 Å². The molecule has 6 heteroatoms. The first-order valence-corrected chi connectivity index (χ1v) is 11.2. The minimum Gasteiger partial charge on any atom is -0.422 e. The molecular weight excluding hydrogens is 418 g/mol. The number of fused-ring (bicyclic) bond motifs is 1. The number of ether oxygens (including phenoxy) is 1. The zero-order valence-corrected chi connectivity index (χ0v) is 18.3. The third kappa shape index (κ3) is 4.00. The number of carbonyl (C=O) groups is 1. The second-order valence-electron chi connectivity index (χ2n) is 7.43. The molecule has 158 valence electrons. The monoisotopic (exact) mass is 439 g/mol. The maximum absolute atomic E-state index is 12.4. The number of benzene rings is 2. The van der Waals surface area contributed by atoms with E-state index in [4.69, 9.17) is 9.72 Å². The van der Waals surface area contributed by atoms with Crippen LogP contribution >= 0.6 is 11.3 Å². The summed E-state index contributed by atoms with van der Waals surface area (Å²) in [6, 6.07) is 25.4. The summed E-state index contributed by atoms with van der Waals surface area (Å²) in [7, 11) is 0. The minimum atomic E-state index is -0.356. The van der Waals surface area contributed by atoms with Gasteiger partial charge in [-0.25, -0.2) is 9.78 Å². The van der Waals surface area contributed by atoms with Crippen LogP contribution in [0.5, 0.6) is 5.75 Å². The molecule has 32 heavy (non-hydrogen) atoms. The molecule has 0 fully saturated rings. The normalized spacial score (nSPS) is 10.9. The number of aryl methyl sites for hydroxylation is 1. The van der Waals surface area contributed by atoms with Crippen molar-refractivity contribution in [1.82, 2.24) is 9.38 Å². The largest absolute Gasteiger partial charge is 0.422 e. The number of nitrogens with zero attached hydrogens (tertiary/aromatic N) is 2. The number of esters is 1. The van der Waals surface area contributed by atoms with Crippen molar-refractivity contribution >= 4 is 28.8 Å². The Morgan fingerprint density at radius 3 is 2.72 bits per heavy atom. The van der Waals surface area contributed by atoms with Crippen molar-refractivity contribution in [2.75, 3.05) is 5.32 Å². The van der Waals surface area contributed by atoms with Gasteiger partial charge in [0.2, 0.25) is 0 Å². The lowest BCUT2D eigenvalue weighted by Gasteiger charge is -2.10. The fraction of sp³-hybridized carbons (Fsp3) is 0.0769. The molecule has 0 bridgehead atoms. The van der Waals surface area contributed by atoms with Crippen LogP contribution in [0.4, 0.5) is 5.82 Å². The van der Waals surface area contributed by atoms with Gasteiger partial charge in [-0.15, -0.1) is 11.3 Å². The summed E-state index contributed by atoms with van der Waals surface area (Å²) in [5.74, 6) is 1.03. The van der Waals surface area contributed by atoms with Crippen LogP contribution < -0.4 is 10.1 Å². The van der Waals surface area contributed by atoms with Gasteiger partial charge < -0.3 is 10.1 Å². The summed E-state index contributed by atoms with van der Waals surface area (Å²) in [5.41, 5.74) is 4.84. The van der Waals surface area contributed by atoms with Gasteiger partial charge in [0, 0.05) is 18.3 Å². The lowest BCUT2D eigenvalue weighted by Crippen LogP contribution is -2.06. The maximum Gasteiger partial charge on any atom is 0.353 e. The standard InChI is InChI=1S/C26H21N3O2S/c1-18-8-6-14-29-24(18)28-23(25(29)27-17-19-9-3-2-4-10-19)20-11-5-12-21(16-20)31-26(30)22-13-7-15-32-22/h2-16,27H,17H2,1H3. The molecule has 2 aromatic carbocycles. The Morgan fingerprint density at radius 1 is 1.03 bits per heavy atom. The lowest BCUT2D eigenvalue weighted by molar-refractivity contribution is 0.0740. The maximum atomic E-state index is 12.4. The highest BCUT2D eigenvalue weighted by Gasteiger charge is 2.17. The first-order chi connectivity index (χ1) is 15.7. The second kappa shape index (κ2) is 8.69. The van der Waals surface area contributed by atoms with E-state index >= 15 is 0 Å². The van der Waals surface area contributed by atoms with E-state index < -0.39 is 0 Å². The van der Waals surface area contributed by atoms with Gasteiger partial charge in [-0.05, 0) is 47.7 Å². The third-order valence-corrected chi connectivity index (χ3v) is 6.04. The van der Waals surface area contributed by atoms with Gasteiger partial charge in [-0.2, -0.15) is 0 Å². The van der Waals surface area contributed by atoms with Gasteiger partial charge in [0.1, 0.15) is 27.8 Å². The molecule has 0 saturated heterocycles. The molecule has 5 rings (SSSR count). The van der Waals surface area contributed by atoms with Gasteiger partial charge in [0.25, 0.3) is 0 Å². The summed E-state index contributed by atoms with van der Waals surface area (Å²) >= 11 is 1.36. The number of carbonyl (C=O) groups excluding carboxylic acids is 1. The van der Waals surface area contributed by atoms with Crippen LogP contribution in [0.2, 0.25) is 0 Å². The average Bonchev–Trinajstić information content (AvgIpc) is 3.48. The Kier molecular flexibility index (Phi) is 5.44. The quantitative estimate of drug-likeness (QED) is 0.253. The van der Waals surface area contributed by atoms with Crippen molar-refractivity contribution in [3.05, 3.63) is 106 Å². The van der Waals surface area contributed by atoms with E-state index in [0.29, 0.717) is 17.2 Å². The van der Waals surface area contributed by atoms with E-state index in [-0.39, 0.29) is 5.97 Å².